The molecule has 1 aromatic carbocycles. The molecule has 5 heteroatoms. The number of nitrogens with zero attached hydrogens (tertiary/aromatic N) is 1. The van der Waals surface area contributed by atoms with E-state index in [4.69, 9.17) is 11.6 Å². The topological polar surface area (TPSA) is 20.3 Å². The molecule has 0 amide bonds. The number of halogens is 2. The summed E-state index contributed by atoms with van der Waals surface area (Å²) in [4.78, 5) is 15.4. The Bertz CT molecular complexity index is 596. The highest BCUT2D eigenvalue weighted by atomic mass is 35.5. The largest absolute Gasteiger partial charge is 0.292 e. The number of carbonyl (C=O) groups excluding carboxylic acids is 1. The Labute approximate surface area is 126 Å². The molecule has 2 aromatic rings. The first-order chi connectivity index (χ1) is 9.47. The maximum atomic E-state index is 12.9. The zero-order valence-corrected chi connectivity index (χ0v) is 12.8. The average Bonchev–Trinajstić information content (AvgIpc) is 2.83. The van der Waals surface area contributed by atoms with E-state index in [-0.39, 0.29) is 17.6 Å². The lowest BCUT2D eigenvalue weighted by Gasteiger charge is -2.23. The van der Waals surface area contributed by atoms with Gasteiger partial charge in [-0.3, -0.25) is 9.69 Å². The molecule has 0 aliphatic carbocycles. The van der Waals surface area contributed by atoms with Gasteiger partial charge in [-0.2, -0.15) is 0 Å². The average molecular weight is 312 g/mol. The Morgan fingerprint density at radius 3 is 2.50 bits per heavy atom. The smallest absolute Gasteiger partial charge is 0.179 e. The van der Waals surface area contributed by atoms with Crippen LogP contribution in [0, 0.1) is 5.82 Å². The maximum Gasteiger partial charge on any atom is 0.179 e. The molecule has 0 fully saturated rings. The maximum absolute atomic E-state index is 12.9. The fraction of sp³-hybridized carbons (Fsp3) is 0.267. The minimum Gasteiger partial charge on any atom is -0.292 e. The summed E-state index contributed by atoms with van der Waals surface area (Å²) in [7, 11) is 1.89. The highest BCUT2D eigenvalue weighted by Gasteiger charge is 2.20. The summed E-state index contributed by atoms with van der Waals surface area (Å²) in [6, 6.07) is 9.17. The van der Waals surface area contributed by atoms with Crippen LogP contribution in [0.5, 0.6) is 0 Å². The van der Waals surface area contributed by atoms with Gasteiger partial charge in [-0.05, 0) is 50.4 Å². The van der Waals surface area contributed by atoms with Gasteiger partial charge in [0, 0.05) is 17.0 Å². The van der Waals surface area contributed by atoms with Gasteiger partial charge in [0.05, 0.1) is 10.4 Å². The van der Waals surface area contributed by atoms with Crippen LogP contribution in [0.25, 0.3) is 0 Å². The first-order valence-electron chi connectivity index (χ1n) is 6.21. The summed E-state index contributed by atoms with van der Waals surface area (Å²) < 4.78 is 13.6. The first-order valence-corrected chi connectivity index (χ1v) is 7.41. The van der Waals surface area contributed by atoms with Crippen LogP contribution >= 0.6 is 22.9 Å². The van der Waals surface area contributed by atoms with Crippen LogP contribution in [-0.2, 0) is 6.54 Å². The summed E-state index contributed by atoms with van der Waals surface area (Å²) in [5.41, 5.74) is 0.523. The van der Waals surface area contributed by atoms with E-state index in [9.17, 15) is 9.18 Å². The molecule has 0 saturated heterocycles. The van der Waals surface area contributed by atoms with Crippen molar-refractivity contribution in [3.8, 4) is 0 Å². The van der Waals surface area contributed by atoms with Crippen LogP contribution in [0.2, 0.25) is 4.34 Å². The van der Waals surface area contributed by atoms with Gasteiger partial charge in [0.1, 0.15) is 5.82 Å². The molecule has 0 N–H and O–H groups in total. The highest BCUT2D eigenvalue weighted by Crippen LogP contribution is 2.23. The van der Waals surface area contributed by atoms with Crippen molar-refractivity contribution in [1.29, 1.82) is 0 Å². The highest BCUT2D eigenvalue weighted by molar-refractivity contribution is 7.16. The molecule has 1 heterocycles. The number of ketones is 1. The van der Waals surface area contributed by atoms with Crippen molar-refractivity contribution in [3.63, 3.8) is 0 Å². The predicted octanol–water partition coefficient (Wildman–Crippen LogP) is 4.24. The molecule has 1 atom stereocenters. The summed E-state index contributed by atoms with van der Waals surface area (Å²) in [5, 5.41) is 0. The zero-order chi connectivity index (χ0) is 14.7. The van der Waals surface area contributed by atoms with Gasteiger partial charge in [0.15, 0.2) is 5.78 Å². The lowest BCUT2D eigenvalue weighted by atomic mass is 10.0. The summed E-state index contributed by atoms with van der Waals surface area (Å²) in [6.45, 7) is 2.51. The molecule has 0 aliphatic heterocycles. The van der Waals surface area contributed by atoms with Crippen molar-refractivity contribution in [2.24, 2.45) is 0 Å². The number of rotatable bonds is 5. The molecule has 0 aliphatic rings. The quantitative estimate of drug-likeness (QED) is 0.770. The molecule has 0 bridgehead atoms. The van der Waals surface area contributed by atoms with E-state index in [1.807, 2.05) is 31.0 Å². The molecule has 106 valence electrons. The van der Waals surface area contributed by atoms with Gasteiger partial charge >= 0.3 is 0 Å². The van der Waals surface area contributed by atoms with E-state index in [0.717, 1.165) is 9.21 Å². The summed E-state index contributed by atoms with van der Waals surface area (Å²) in [5.74, 6) is -0.356. The molecular formula is C15H15ClFNOS. The molecular weight excluding hydrogens is 297 g/mol. The number of hydrogen-bond acceptors (Lipinski definition) is 3. The molecule has 0 radical (unpaired) electrons. The van der Waals surface area contributed by atoms with E-state index < -0.39 is 0 Å². The Morgan fingerprint density at radius 1 is 1.30 bits per heavy atom. The standard InChI is InChI=1S/C15H15ClFNOS/c1-10(15(19)11-3-5-12(17)6-4-11)18(2)9-13-7-8-14(16)20-13/h3-8,10H,9H2,1-2H3. The second-order valence-electron chi connectivity index (χ2n) is 4.67. The number of benzene rings is 1. The van der Waals surface area contributed by atoms with E-state index in [1.54, 1.807) is 0 Å². The molecule has 0 saturated carbocycles. The number of hydrogen-bond donors (Lipinski definition) is 0. The Kier molecular flexibility index (Phi) is 4.91. The summed E-state index contributed by atoms with van der Waals surface area (Å²) in [6.07, 6.45) is 0. The van der Waals surface area contributed by atoms with Gasteiger partial charge < -0.3 is 0 Å². The van der Waals surface area contributed by atoms with E-state index >= 15 is 0 Å². The monoisotopic (exact) mass is 311 g/mol. The predicted molar refractivity (Wildman–Crippen MR) is 81.0 cm³/mol. The van der Waals surface area contributed by atoms with E-state index in [2.05, 4.69) is 0 Å². The van der Waals surface area contributed by atoms with Crippen molar-refractivity contribution < 1.29 is 9.18 Å². The normalized spacial score (nSPS) is 12.7. The molecule has 0 spiro atoms. The van der Waals surface area contributed by atoms with Crippen molar-refractivity contribution in [3.05, 3.63) is 57.0 Å². The molecule has 20 heavy (non-hydrogen) atoms. The van der Waals surface area contributed by atoms with Gasteiger partial charge in [0.2, 0.25) is 0 Å². The number of likely N-dealkylation sites (N-methyl/N-ethyl adjacent to an activating group) is 1. The molecule has 1 aromatic heterocycles. The Hall–Kier alpha value is -1.23. The molecule has 2 nitrogen and oxygen atoms in total. The Morgan fingerprint density at radius 2 is 1.95 bits per heavy atom. The lowest BCUT2D eigenvalue weighted by molar-refractivity contribution is 0.0863. The number of Topliss-reactive ketones (excluding diaryl/α,β-unsaturated/α-hetero) is 1. The fourth-order valence-corrected chi connectivity index (χ4v) is 3.03. The number of carbonyl (C=O) groups is 1. The SMILES string of the molecule is CC(C(=O)c1ccc(F)cc1)N(C)Cc1ccc(Cl)s1. The second kappa shape index (κ2) is 6.48. The van der Waals surface area contributed by atoms with Crippen molar-refractivity contribution in [2.45, 2.75) is 19.5 Å². The second-order valence-corrected chi connectivity index (χ2v) is 6.47. The van der Waals surface area contributed by atoms with Crippen LogP contribution in [0.3, 0.4) is 0 Å². The van der Waals surface area contributed by atoms with Gasteiger partial charge in [-0.15, -0.1) is 11.3 Å². The van der Waals surface area contributed by atoms with Gasteiger partial charge in [-0.25, -0.2) is 4.39 Å². The van der Waals surface area contributed by atoms with Crippen molar-refractivity contribution in [2.75, 3.05) is 7.05 Å². The first kappa shape index (κ1) is 15.2. The summed E-state index contributed by atoms with van der Waals surface area (Å²) >= 11 is 7.40. The van der Waals surface area contributed by atoms with Crippen molar-refractivity contribution in [1.82, 2.24) is 4.90 Å². The third-order valence-corrected chi connectivity index (χ3v) is 4.42. The van der Waals surface area contributed by atoms with Crippen LogP contribution in [0.15, 0.2) is 36.4 Å². The van der Waals surface area contributed by atoms with Crippen LogP contribution in [-0.4, -0.2) is 23.8 Å². The van der Waals surface area contributed by atoms with Gasteiger partial charge in [-0.1, -0.05) is 11.6 Å². The van der Waals surface area contributed by atoms with E-state index in [0.29, 0.717) is 12.1 Å². The van der Waals surface area contributed by atoms with Crippen LogP contribution < -0.4 is 0 Å². The molecule has 2 rings (SSSR count). The molecule has 1 unspecified atom stereocenters. The fourth-order valence-electron chi connectivity index (χ4n) is 1.87. The zero-order valence-electron chi connectivity index (χ0n) is 11.3. The van der Waals surface area contributed by atoms with Gasteiger partial charge in [0.25, 0.3) is 0 Å². The van der Waals surface area contributed by atoms with Crippen molar-refractivity contribution >= 4 is 28.7 Å². The minimum absolute atomic E-state index is 0.0184. The minimum atomic E-state index is -0.337. The van der Waals surface area contributed by atoms with Crippen LogP contribution in [0.4, 0.5) is 4.39 Å². The Balaban J connectivity index is 2.04. The van der Waals surface area contributed by atoms with Crippen LogP contribution in [0.1, 0.15) is 22.2 Å². The third-order valence-electron chi connectivity index (χ3n) is 3.20. The number of thiophene rings is 1. The van der Waals surface area contributed by atoms with E-state index in [1.165, 1.54) is 35.6 Å². The third kappa shape index (κ3) is 3.66. The lowest BCUT2D eigenvalue weighted by Crippen LogP contribution is -2.35.